The van der Waals surface area contributed by atoms with E-state index in [1.807, 2.05) is 0 Å². The summed E-state index contributed by atoms with van der Waals surface area (Å²) < 4.78 is 42.4. The molecule has 7 heteroatoms. The Hall–Kier alpha value is -1.30. The van der Waals surface area contributed by atoms with Crippen molar-refractivity contribution in [3.05, 3.63) is 28.3 Å². The number of ether oxygens (including phenoxy) is 1. The van der Waals surface area contributed by atoms with Gasteiger partial charge in [0.1, 0.15) is 5.56 Å². The van der Waals surface area contributed by atoms with Crippen LogP contribution in [0.5, 0.6) is 0 Å². The van der Waals surface area contributed by atoms with Gasteiger partial charge in [0.2, 0.25) is 5.95 Å². The zero-order valence-electron chi connectivity index (χ0n) is 8.14. The van der Waals surface area contributed by atoms with E-state index in [0.29, 0.717) is 6.20 Å². The van der Waals surface area contributed by atoms with Gasteiger partial charge in [-0.05, 0) is 6.92 Å². The standard InChI is InChI=1S/C9H7ClF3NO2/c1-2-16-9(15)5-6(10)4(7(11)12)3-14-8(5)13/h3,7H,2H2,1H3. The Morgan fingerprint density at radius 1 is 1.62 bits per heavy atom. The minimum Gasteiger partial charge on any atom is -0.462 e. The van der Waals surface area contributed by atoms with Crippen molar-refractivity contribution in [2.24, 2.45) is 0 Å². The molecule has 0 fully saturated rings. The Bertz CT molecular complexity index is 412. The van der Waals surface area contributed by atoms with Crippen LogP contribution >= 0.6 is 11.6 Å². The van der Waals surface area contributed by atoms with Gasteiger partial charge >= 0.3 is 5.97 Å². The van der Waals surface area contributed by atoms with Gasteiger partial charge in [0.15, 0.2) is 0 Å². The molecule has 0 saturated carbocycles. The molecule has 1 heterocycles. The van der Waals surface area contributed by atoms with Crippen LogP contribution in [0.15, 0.2) is 6.20 Å². The molecular formula is C9H7ClF3NO2. The van der Waals surface area contributed by atoms with Gasteiger partial charge in [-0.2, -0.15) is 4.39 Å². The summed E-state index contributed by atoms with van der Waals surface area (Å²) in [6, 6.07) is 0. The smallest absolute Gasteiger partial charge is 0.344 e. The number of hydrogen-bond donors (Lipinski definition) is 0. The molecule has 0 aliphatic rings. The molecule has 3 nitrogen and oxygen atoms in total. The highest BCUT2D eigenvalue weighted by Crippen LogP contribution is 2.30. The number of nitrogens with zero attached hydrogens (tertiary/aromatic N) is 1. The summed E-state index contributed by atoms with van der Waals surface area (Å²) in [6.45, 7) is 1.47. The van der Waals surface area contributed by atoms with Crippen LogP contribution in [-0.4, -0.2) is 17.6 Å². The largest absolute Gasteiger partial charge is 0.462 e. The van der Waals surface area contributed by atoms with Crippen molar-refractivity contribution < 1.29 is 22.7 Å². The first-order valence-electron chi connectivity index (χ1n) is 4.28. The summed E-state index contributed by atoms with van der Waals surface area (Å²) in [5.41, 5.74) is -1.47. The van der Waals surface area contributed by atoms with Crippen LogP contribution in [0.2, 0.25) is 5.02 Å². The summed E-state index contributed by atoms with van der Waals surface area (Å²) >= 11 is 5.48. The Morgan fingerprint density at radius 3 is 2.75 bits per heavy atom. The van der Waals surface area contributed by atoms with Gasteiger partial charge in [-0.15, -0.1) is 0 Å². The molecule has 0 atom stereocenters. The molecule has 0 radical (unpaired) electrons. The van der Waals surface area contributed by atoms with Crippen molar-refractivity contribution in [1.82, 2.24) is 4.98 Å². The lowest BCUT2D eigenvalue weighted by atomic mass is 10.2. The maximum atomic E-state index is 13.1. The van der Waals surface area contributed by atoms with Crippen LogP contribution < -0.4 is 0 Å². The number of carbonyl (C=O) groups is 1. The van der Waals surface area contributed by atoms with Crippen molar-refractivity contribution >= 4 is 17.6 Å². The second-order valence-corrected chi connectivity index (χ2v) is 3.09. The van der Waals surface area contributed by atoms with Crippen LogP contribution in [0, 0.1) is 5.95 Å². The van der Waals surface area contributed by atoms with Gasteiger partial charge in [0, 0.05) is 6.20 Å². The van der Waals surface area contributed by atoms with Crippen molar-refractivity contribution in [3.8, 4) is 0 Å². The first kappa shape index (κ1) is 12.8. The highest BCUT2D eigenvalue weighted by Gasteiger charge is 2.24. The summed E-state index contributed by atoms with van der Waals surface area (Å²) in [6.07, 6.45) is -2.35. The molecule has 0 N–H and O–H groups in total. The normalized spacial score (nSPS) is 10.6. The lowest BCUT2D eigenvalue weighted by Gasteiger charge is -2.08. The Kier molecular flexibility index (Phi) is 4.12. The van der Waals surface area contributed by atoms with Gasteiger partial charge in [0.25, 0.3) is 6.43 Å². The molecule has 88 valence electrons. The second-order valence-electron chi connectivity index (χ2n) is 2.71. The Labute approximate surface area is 94.2 Å². The zero-order valence-corrected chi connectivity index (χ0v) is 8.89. The van der Waals surface area contributed by atoms with Crippen LogP contribution in [0.1, 0.15) is 29.3 Å². The average Bonchev–Trinajstić information content (AvgIpc) is 2.17. The number of esters is 1. The third-order valence-corrected chi connectivity index (χ3v) is 2.12. The fraction of sp³-hybridized carbons (Fsp3) is 0.333. The van der Waals surface area contributed by atoms with Crippen LogP contribution in [0.3, 0.4) is 0 Å². The van der Waals surface area contributed by atoms with Crippen molar-refractivity contribution in [1.29, 1.82) is 0 Å². The fourth-order valence-electron chi connectivity index (χ4n) is 1.01. The SMILES string of the molecule is CCOC(=O)c1c(F)ncc(C(F)F)c1Cl. The van der Waals surface area contributed by atoms with Gasteiger partial charge in [-0.3, -0.25) is 0 Å². The monoisotopic (exact) mass is 253 g/mol. The van der Waals surface area contributed by atoms with Crippen LogP contribution in [0.4, 0.5) is 13.2 Å². The van der Waals surface area contributed by atoms with E-state index in [-0.39, 0.29) is 6.61 Å². The summed E-state index contributed by atoms with van der Waals surface area (Å²) in [4.78, 5) is 14.3. The number of alkyl halides is 2. The van der Waals surface area contributed by atoms with Crippen molar-refractivity contribution in [2.75, 3.05) is 6.61 Å². The first-order chi connectivity index (χ1) is 7.49. The molecule has 0 aliphatic heterocycles. The highest BCUT2D eigenvalue weighted by molar-refractivity contribution is 6.34. The molecule has 0 aromatic carbocycles. The molecule has 0 aliphatic carbocycles. The predicted molar refractivity (Wildman–Crippen MR) is 50.1 cm³/mol. The molecule has 1 rings (SSSR count). The second kappa shape index (κ2) is 5.16. The average molecular weight is 254 g/mol. The number of carbonyl (C=O) groups excluding carboxylic acids is 1. The number of aromatic nitrogens is 1. The zero-order chi connectivity index (χ0) is 12.3. The maximum Gasteiger partial charge on any atom is 0.344 e. The molecule has 16 heavy (non-hydrogen) atoms. The Balaban J connectivity index is 3.26. The minimum absolute atomic E-state index is 0.0203. The summed E-state index contributed by atoms with van der Waals surface area (Å²) in [7, 11) is 0. The van der Waals surface area contributed by atoms with E-state index >= 15 is 0 Å². The molecule has 1 aromatic rings. The van der Waals surface area contributed by atoms with Gasteiger partial charge in [0.05, 0.1) is 17.2 Å². The van der Waals surface area contributed by atoms with E-state index in [1.54, 1.807) is 0 Å². The van der Waals surface area contributed by atoms with Crippen LogP contribution in [0.25, 0.3) is 0 Å². The highest BCUT2D eigenvalue weighted by atomic mass is 35.5. The van der Waals surface area contributed by atoms with Crippen molar-refractivity contribution in [2.45, 2.75) is 13.3 Å². The summed E-state index contributed by atoms with van der Waals surface area (Å²) in [5, 5.41) is -0.666. The molecule has 0 amide bonds. The molecule has 1 aromatic heterocycles. The molecular weight excluding hydrogens is 247 g/mol. The number of halogens is 4. The summed E-state index contributed by atoms with van der Waals surface area (Å²) in [5.74, 6) is -2.34. The minimum atomic E-state index is -2.94. The van der Waals surface area contributed by atoms with E-state index in [9.17, 15) is 18.0 Å². The van der Waals surface area contributed by atoms with Gasteiger partial charge < -0.3 is 4.74 Å². The maximum absolute atomic E-state index is 13.1. The Morgan fingerprint density at radius 2 is 2.25 bits per heavy atom. The molecule has 0 saturated heterocycles. The molecule has 0 spiro atoms. The number of hydrogen-bond acceptors (Lipinski definition) is 3. The van der Waals surface area contributed by atoms with Crippen LogP contribution in [-0.2, 0) is 4.74 Å². The fourth-order valence-corrected chi connectivity index (χ4v) is 1.30. The van der Waals surface area contributed by atoms with Gasteiger partial charge in [-0.1, -0.05) is 11.6 Å². The topological polar surface area (TPSA) is 39.2 Å². The first-order valence-corrected chi connectivity index (χ1v) is 4.66. The lowest BCUT2D eigenvalue weighted by molar-refractivity contribution is 0.0519. The van der Waals surface area contributed by atoms with Gasteiger partial charge in [-0.25, -0.2) is 18.6 Å². The van der Waals surface area contributed by atoms with E-state index in [1.165, 1.54) is 6.92 Å². The predicted octanol–water partition coefficient (Wildman–Crippen LogP) is 2.99. The van der Waals surface area contributed by atoms with E-state index < -0.39 is 34.5 Å². The molecule has 0 unspecified atom stereocenters. The van der Waals surface area contributed by atoms with E-state index in [4.69, 9.17) is 11.6 Å². The van der Waals surface area contributed by atoms with Crippen molar-refractivity contribution in [3.63, 3.8) is 0 Å². The third kappa shape index (κ3) is 2.44. The quantitative estimate of drug-likeness (QED) is 0.614. The van der Waals surface area contributed by atoms with E-state index in [2.05, 4.69) is 9.72 Å². The lowest BCUT2D eigenvalue weighted by Crippen LogP contribution is -2.11. The third-order valence-electron chi connectivity index (χ3n) is 1.71. The van der Waals surface area contributed by atoms with E-state index in [0.717, 1.165) is 0 Å². The number of rotatable bonds is 3. The number of pyridine rings is 1. The molecule has 0 bridgehead atoms.